The highest BCUT2D eigenvalue weighted by atomic mass is 32.1. The van der Waals surface area contributed by atoms with Crippen LogP contribution < -0.4 is 10.5 Å². The molecular formula is C12H12FNOS. The van der Waals surface area contributed by atoms with Crippen LogP contribution in [-0.4, -0.2) is 7.11 Å². The lowest BCUT2D eigenvalue weighted by atomic mass is 10.0. The lowest BCUT2D eigenvalue weighted by Gasteiger charge is -2.14. The van der Waals surface area contributed by atoms with Crippen LogP contribution in [0.25, 0.3) is 0 Å². The monoisotopic (exact) mass is 237 g/mol. The molecule has 1 heterocycles. The van der Waals surface area contributed by atoms with Crippen molar-refractivity contribution in [2.75, 3.05) is 7.11 Å². The van der Waals surface area contributed by atoms with E-state index >= 15 is 0 Å². The summed E-state index contributed by atoms with van der Waals surface area (Å²) in [5.74, 6) is 0.164. The minimum absolute atomic E-state index is 0.276. The number of rotatable bonds is 3. The molecule has 16 heavy (non-hydrogen) atoms. The van der Waals surface area contributed by atoms with Gasteiger partial charge in [-0.2, -0.15) is 11.3 Å². The van der Waals surface area contributed by atoms with E-state index in [1.807, 2.05) is 16.8 Å². The van der Waals surface area contributed by atoms with Crippen LogP contribution >= 0.6 is 11.3 Å². The highest BCUT2D eigenvalue weighted by Gasteiger charge is 2.14. The van der Waals surface area contributed by atoms with Crippen LogP contribution in [-0.2, 0) is 0 Å². The lowest BCUT2D eigenvalue weighted by Crippen LogP contribution is -2.12. The molecule has 2 N–H and O–H groups in total. The third-order valence-corrected chi connectivity index (χ3v) is 3.13. The van der Waals surface area contributed by atoms with Crippen molar-refractivity contribution in [3.05, 3.63) is 52.0 Å². The number of hydrogen-bond acceptors (Lipinski definition) is 3. The van der Waals surface area contributed by atoms with Crippen molar-refractivity contribution in [1.29, 1.82) is 0 Å². The Bertz CT molecular complexity index is 470. The first-order valence-electron chi connectivity index (χ1n) is 4.83. The van der Waals surface area contributed by atoms with Crippen molar-refractivity contribution in [1.82, 2.24) is 0 Å². The van der Waals surface area contributed by atoms with Crippen molar-refractivity contribution in [2.24, 2.45) is 5.73 Å². The van der Waals surface area contributed by atoms with E-state index in [2.05, 4.69) is 0 Å². The molecule has 4 heteroatoms. The molecule has 0 aliphatic rings. The van der Waals surface area contributed by atoms with Gasteiger partial charge in [-0.1, -0.05) is 6.07 Å². The van der Waals surface area contributed by atoms with Crippen LogP contribution in [0.2, 0.25) is 0 Å². The van der Waals surface area contributed by atoms with Gasteiger partial charge in [0.05, 0.1) is 13.2 Å². The third-order valence-electron chi connectivity index (χ3n) is 2.43. The van der Waals surface area contributed by atoms with Gasteiger partial charge in [0.2, 0.25) is 0 Å². The van der Waals surface area contributed by atoms with Gasteiger partial charge in [0, 0.05) is 11.6 Å². The smallest absolute Gasteiger partial charge is 0.126 e. The molecule has 0 aliphatic heterocycles. The second-order valence-electron chi connectivity index (χ2n) is 3.42. The summed E-state index contributed by atoms with van der Waals surface area (Å²) >= 11 is 1.58. The molecule has 2 aromatic rings. The average Bonchev–Trinajstić information content (AvgIpc) is 2.81. The number of hydrogen-bond donors (Lipinski definition) is 1. The van der Waals surface area contributed by atoms with E-state index in [0.29, 0.717) is 5.75 Å². The highest BCUT2D eigenvalue weighted by molar-refractivity contribution is 7.08. The molecule has 0 radical (unpaired) electrons. The van der Waals surface area contributed by atoms with Gasteiger partial charge in [-0.15, -0.1) is 0 Å². The molecule has 0 fully saturated rings. The number of methoxy groups -OCH3 is 1. The Morgan fingerprint density at radius 2 is 2.19 bits per heavy atom. The van der Waals surface area contributed by atoms with Crippen LogP contribution in [0.1, 0.15) is 17.2 Å². The van der Waals surface area contributed by atoms with Gasteiger partial charge >= 0.3 is 0 Å². The number of benzene rings is 1. The van der Waals surface area contributed by atoms with Crippen LogP contribution in [0.3, 0.4) is 0 Å². The standard InChI is InChI=1S/C12H12FNOS/c1-15-11-6-9(13)2-3-10(11)12(14)8-4-5-16-7-8/h2-7,12H,14H2,1H3/t12-/m1/s1. The maximum Gasteiger partial charge on any atom is 0.126 e. The van der Waals surface area contributed by atoms with E-state index in [4.69, 9.17) is 10.5 Å². The second kappa shape index (κ2) is 4.63. The Morgan fingerprint density at radius 1 is 1.38 bits per heavy atom. The molecular weight excluding hydrogens is 225 g/mol. The summed E-state index contributed by atoms with van der Waals surface area (Å²) in [6.07, 6.45) is 0. The summed E-state index contributed by atoms with van der Waals surface area (Å²) in [6, 6.07) is 6.09. The second-order valence-corrected chi connectivity index (χ2v) is 4.20. The molecule has 0 bridgehead atoms. The summed E-state index contributed by atoms with van der Waals surface area (Å²) in [7, 11) is 1.51. The Hall–Kier alpha value is -1.39. The zero-order chi connectivity index (χ0) is 11.5. The summed E-state index contributed by atoms with van der Waals surface area (Å²) in [6.45, 7) is 0. The molecule has 1 aromatic carbocycles. The first-order chi connectivity index (χ1) is 7.72. The number of halogens is 1. The van der Waals surface area contributed by atoms with Gasteiger partial charge in [0.1, 0.15) is 11.6 Å². The van der Waals surface area contributed by atoms with Crippen LogP contribution in [0, 0.1) is 5.82 Å². The van der Waals surface area contributed by atoms with E-state index in [9.17, 15) is 4.39 Å². The topological polar surface area (TPSA) is 35.2 Å². The lowest BCUT2D eigenvalue weighted by molar-refractivity contribution is 0.404. The highest BCUT2D eigenvalue weighted by Crippen LogP contribution is 2.29. The van der Waals surface area contributed by atoms with Gasteiger partial charge in [0.15, 0.2) is 0 Å². The van der Waals surface area contributed by atoms with E-state index in [-0.39, 0.29) is 11.9 Å². The zero-order valence-electron chi connectivity index (χ0n) is 8.81. The Kier molecular flexibility index (Phi) is 3.22. The fourth-order valence-electron chi connectivity index (χ4n) is 1.57. The average molecular weight is 237 g/mol. The van der Waals surface area contributed by atoms with Crippen molar-refractivity contribution < 1.29 is 9.13 Å². The van der Waals surface area contributed by atoms with Crippen molar-refractivity contribution >= 4 is 11.3 Å². The summed E-state index contributed by atoms with van der Waals surface area (Å²) < 4.78 is 18.2. The predicted octanol–water partition coefficient (Wildman–Crippen LogP) is 2.94. The van der Waals surface area contributed by atoms with Gasteiger partial charge in [-0.05, 0) is 28.5 Å². The fourth-order valence-corrected chi connectivity index (χ4v) is 2.27. The van der Waals surface area contributed by atoms with Gasteiger partial charge in [0.25, 0.3) is 0 Å². The number of thiophene rings is 1. The van der Waals surface area contributed by atoms with E-state index < -0.39 is 0 Å². The van der Waals surface area contributed by atoms with Crippen molar-refractivity contribution in [3.63, 3.8) is 0 Å². The SMILES string of the molecule is COc1cc(F)ccc1[C@H](N)c1ccsc1. The minimum Gasteiger partial charge on any atom is -0.496 e. The first-order valence-corrected chi connectivity index (χ1v) is 5.77. The Morgan fingerprint density at radius 3 is 2.81 bits per heavy atom. The molecule has 0 amide bonds. The molecule has 0 unspecified atom stereocenters. The van der Waals surface area contributed by atoms with Crippen LogP contribution in [0.4, 0.5) is 4.39 Å². The Balaban J connectivity index is 2.40. The zero-order valence-corrected chi connectivity index (χ0v) is 9.63. The maximum atomic E-state index is 13.0. The van der Waals surface area contributed by atoms with Crippen molar-refractivity contribution in [2.45, 2.75) is 6.04 Å². The fraction of sp³-hybridized carbons (Fsp3) is 0.167. The molecule has 0 spiro atoms. The number of ether oxygens (including phenoxy) is 1. The quantitative estimate of drug-likeness (QED) is 0.890. The van der Waals surface area contributed by atoms with Gasteiger partial charge in [-0.3, -0.25) is 0 Å². The third kappa shape index (κ3) is 2.08. The molecule has 0 saturated heterocycles. The van der Waals surface area contributed by atoms with Crippen LogP contribution in [0.5, 0.6) is 5.75 Å². The van der Waals surface area contributed by atoms with E-state index in [1.54, 1.807) is 17.4 Å². The van der Waals surface area contributed by atoms with E-state index in [1.165, 1.54) is 19.2 Å². The first kappa shape index (κ1) is 11.1. The van der Waals surface area contributed by atoms with E-state index in [0.717, 1.165) is 11.1 Å². The molecule has 0 aliphatic carbocycles. The number of nitrogens with two attached hydrogens (primary N) is 1. The largest absolute Gasteiger partial charge is 0.496 e. The van der Waals surface area contributed by atoms with Crippen LogP contribution in [0.15, 0.2) is 35.0 Å². The Labute approximate surface area is 97.5 Å². The summed E-state index contributed by atoms with van der Waals surface area (Å²) in [5, 5.41) is 3.94. The molecule has 0 saturated carbocycles. The normalized spacial score (nSPS) is 12.4. The molecule has 1 atom stereocenters. The summed E-state index contributed by atoms with van der Waals surface area (Å²) in [4.78, 5) is 0. The summed E-state index contributed by atoms with van der Waals surface area (Å²) in [5.41, 5.74) is 7.89. The minimum atomic E-state index is -0.321. The maximum absolute atomic E-state index is 13.0. The molecule has 1 aromatic heterocycles. The van der Waals surface area contributed by atoms with Gasteiger partial charge in [-0.25, -0.2) is 4.39 Å². The predicted molar refractivity (Wildman–Crippen MR) is 63.3 cm³/mol. The molecule has 2 rings (SSSR count). The molecule has 2 nitrogen and oxygen atoms in total. The molecule has 84 valence electrons. The van der Waals surface area contributed by atoms with Crippen molar-refractivity contribution in [3.8, 4) is 5.75 Å². The van der Waals surface area contributed by atoms with Gasteiger partial charge < -0.3 is 10.5 Å².